The Hall–Kier alpha value is -0.340. The van der Waals surface area contributed by atoms with Crippen molar-refractivity contribution in [2.45, 2.75) is 39.0 Å². The summed E-state index contributed by atoms with van der Waals surface area (Å²) in [5.41, 5.74) is 7.92. The quantitative estimate of drug-likeness (QED) is 0.816. The third-order valence-corrected chi connectivity index (χ3v) is 5.70. The second kappa shape index (κ2) is 3.08. The van der Waals surface area contributed by atoms with Gasteiger partial charge in [0.2, 0.25) is 0 Å². The van der Waals surface area contributed by atoms with Gasteiger partial charge < -0.3 is 5.73 Å². The van der Waals surface area contributed by atoms with Gasteiger partial charge >= 0.3 is 0 Å². The van der Waals surface area contributed by atoms with E-state index in [-0.39, 0.29) is 0 Å². The minimum Gasteiger partial charge on any atom is -0.330 e. The highest BCUT2D eigenvalue weighted by molar-refractivity contribution is 7.12. The van der Waals surface area contributed by atoms with Gasteiger partial charge in [-0.1, -0.05) is 13.8 Å². The monoisotopic (exact) mass is 221 g/mol. The number of fused-ring (bicyclic) bond motifs is 1. The highest BCUT2D eigenvalue weighted by Crippen LogP contribution is 2.65. The third kappa shape index (κ3) is 1.31. The van der Waals surface area contributed by atoms with Crippen LogP contribution in [0.25, 0.3) is 0 Å². The van der Waals surface area contributed by atoms with Crippen molar-refractivity contribution in [3.63, 3.8) is 0 Å². The zero-order valence-corrected chi connectivity index (χ0v) is 10.4. The lowest BCUT2D eigenvalue weighted by molar-refractivity contribution is 0.559. The van der Waals surface area contributed by atoms with Crippen LogP contribution < -0.4 is 5.73 Å². The molecule has 0 radical (unpaired) electrons. The molecule has 15 heavy (non-hydrogen) atoms. The first-order chi connectivity index (χ1) is 7.14. The van der Waals surface area contributed by atoms with E-state index in [2.05, 4.69) is 31.3 Å². The maximum absolute atomic E-state index is 5.83. The van der Waals surface area contributed by atoms with Crippen LogP contribution in [0.2, 0.25) is 0 Å². The predicted octanol–water partition coefficient (Wildman–Crippen LogP) is 2.94. The molecule has 1 heterocycles. The van der Waals surface area contributed by atoms with E-state index in [0.717, 1.165) is 18.4 Å². The Morgan fingerprint density at radius 1 is 1.47 bits per heavy atom. The molecule has 0 spiro atoms. The van der Waals surface area contributed by atoms with Crippen LogP contribution in [0, 0.1) is 11.3 Å². The van der Waals surface area contributed by atoms with E-state index >= 15 is 0 Å². The summed E-state index contributed by atoms with van der Waals surface area (Å²) >= 11 is 2.06. The van der Waals surface area contributed by atoms with E-state index in [1.165, 1.54) is 19.3 Å². The molecule has 0 saturated heterocycles. The molecule has 0 bridgehead atoms. The molecule has 82 valence electrons. The van der Waals surface area contributed by atoms with Crippen molar-refractivity contribution < 1.29 is 0 Å². The lowest BCUT2D eigenvalue weighted by Gasteiger charge is -1.99. The van der Waals surface area contributed by atoms with Gasteiger partial charge in [-0.05, 0) is 48.8 Å². The van der Waals surface area contributed by atoms with Crippen molar-refractivity contribution in [2.24, 2.45) is 17.1 Å². The first-order valence-corrected chi connectivity index (χ1v) is 6.78. The Morgan fingerprint density at radius 3 is 2.87 bits per heavy atom. The largest absolute Gasteiger partial charge is 0.330 e. The normalized spacial score (nSPS) is 31.7. The van der Waals surface area contributed by atoms with E-state index in [0.29, 0.717) is 5.41 Å². The number of aryl methyl sites for hydroxylation is 2. The number of thiophene rings is 1. The van der Waals surface area contributed by atoms with Crippen LogP contribution >= 0.6 is 11.3 Å². The zero-order chi connectivity index (χ0) is 10.6. The van der Waals surface area contributed by atoms with Gasteiger partial charge in [-0.15, -0.1) is 11.3 Å². The second-order valence-corrected chi connectivity index (χ2v) is 6.76. The molecule has 1 nitrogen and oxygen atoms in total. The highest BCUT2D eigenvalue weighted by Gasteiger charge is 2.57. The van der Waals surface area contributed by atoms with Crippen LogP contribution in [0.15, 0.2) is 6.07 Å². The lowest BCUT2D eigenvalue weighted by Crippen LogP contribution is -2.05. The first kappa shape index (κ1) is 9.86. The third-order valence-electron chi connectivity index (χ3n) is 4.38. The maximum atomic E-state index is 5.83. The van der Waals surface area contributed by atoms with Crippen LogP contribution in [0.5, 0.6) is 0 Å². The van der Waals surface area contributed by atoms with Crippen LogP contribution in [0.3, 0.4) is 0 Å². The van der Waals surface area contributed by atoms with Gasteiger partial charge in [-0.3, -0.25) is 0 Å². The summed E-state index contributed by atoms with van der Waals surface area (Å²) in [6, 6.07) is 2.47. The number of hydrogen-bond donors (Lipinski definition) is 1. The SMILES string of the molecule is CC1(C)C(CN)C1c1cc2c(s1)CCC2. The van der Waals surface area contributed by atoms with Gasteiger partial charge in [-0.2, -0.15) is 0 Å². The maximum Gasteiger partial charge on any atom is 0.00908 e. The molecule has 3 rings (SSSR count). The minimum absolute atomic E-state index is 0.452. The smallest absolute Gasteiger partial charge is 0.00908 e. The van der Waals surface area contributed by atoms with Crippen molar-refractivity contribution in [2.75, 3.05) is 6.54 Å². The summed E-state index contributed by atoms with van der Waals surface area (Å²) in [5, 5.41) is 0. The molecule has 0 aromatic carbocycles. The Bertz CT molecular complexity index is 370. The van der Waals surface area contributed by atoms with E-state index < -0.39 is 0 Å². The Labute approximate surface area is 95.7 Å². The molecule has 1 aromatic heterocycles. The van der Waals surface area contributed by atoms with Gasteiger partial charge in [0, 0.05) is 15.7 Å². The molecule has 1 saturated carbocycles. The molecule has 2 aliphatic rings. The van der Waals surface area contributed by atoms with Crippen LogP contribution in [0.1, 0.15) is 41.5 Å². The molecule has 2 heteroatoms. The van der Waals surface area contributed by atoms with Crippen LogP contribution in [0.4, 0.5) is 0 Å². The molecule has 2 unspecified atom stereocenters. The van der Waals surface area contributed by atoms with Crippen LogP contribution in [-0.2, 0) is 12.8 Å². The fourth-order valence-corrected chi connectivity index (χ4v) is 4.87. The number of rotatable bonds is 2. The molecular formula is C13H19NS. The zero-order valence-electron chi connectivity index (χ0n) is 9.55. The summed E-state index contributed by atoms with van der Waals surface area (Å²) in [6.07, 6.45) is 4.00. The van der Waals surface area contributed by atoms with Gasteiger partial charge in [-0.25, -0.2) is 0 Å². The highest BCUT2D eigenvalue weighted by atomic mass is 32.1. The van der Waals surface area contributed by atoms with Gasteiger partial charge in [0.05, 0.1) is 0 Å². The Kier molecular flexibility index (Phi) is 2.02. The molecule has 2 aliphatic carbocycles. The van der Waals surface area contributed by atoms with E-state index in [1.807, 2.05) is 0 Å². The summed E-state index contributed by atoms with van der Waals surface area (Å²) < 4.78 is 0. The van der Waals surface area contributed by atoms with Gasteiger partial charge in [0.1, 0.15) is 0 Å². The van der Waals surface area contributed by atoms with Gasteiger partial charge in [0.25, 0.3) is 0 Å². The van der Waals surface area contributed by atoms with Crippen molar-refractivity contribution >= 4 is 11.3 Å². The van der Waals surface area contributed by atoms with Crippen LogP contribution in [-0.4, -0.2) is 6.54 Å². The lowest BCUT2D eigenvalue weighted by atomic mass is 10.1. The average Bonchev–Trinajstić information content (AvgIpc) is 2.57. The molecule has 2 N–H and O–H groups in total. The predicted molar refractivity (Wildman–Crippen MR) is 65.4 cm³/mol. The summed E-state index contributed by atoms with van der Waals surface area (Å²) in [4.78, 5) is 3.27. The molecular weight excluding hydrogens is 202 g/mol. The van der Waals surface area contributed by atoms with E-state index in [1.54, 1.807) is 15.3 Å². The van der Waals surface area contributed by atoms with Crippen molar-refractivity contribution in [1.82, 2.24) is 0 Å². The fourth-order valence-electron chi connectivity index (χ4n) is 3.25. The Morgan fingerprint density at radius 2 is 2.27 bits per heavy atom. The van der Waals surface area contributed by atoms with E-state index in [9.17, 15) is 0 Å². The molecule has 0 amide bonds. The van der Waals surface area contributed by atoms with Crippen molar-refractivity contribution in [3.8, 4) is 0 Å². The minimum atomic E-state index is 0.452. The van der Waals surface area contributed by atoms with E-state index in [4.69, 9.17) is 5.73 Å². The van der Waals surface area contributed by atoms with Crippen molar-refractivity contribution in [3.05, 3.63) is 21.4 Å². The topological polar surface area (TPSA) is 26.0 Å². The number of hydrogen-bond acceptors (Lipinski definition) is 2. The van der Waals surface area contributed by atoms with Gasteiger partial charge in [0.15, 0.2) is 0 Å². The number of nitrogens with two attached hydrogens (primary N) is 1. The average molecular weight is 221 g/mol. The second-order valence-electron chi connectivity index (χ2n) is 5.59. The summed E-state index contributed by atoms with van der Waals surface area (Å²) in [5.74, 6) is 1.47. The summed E-state index contributed by atoms with van der Waals surface area (Å²) in [7, 11) is 0. The molecule has 0 aliphatic heterocycles. The fraction of sp³-hybridized carbons (Fsp3) is 0.692. The standard InChI is InChI=1S/C13H19NS/c1-13(2)9(7-14)12(13)11-6-8-4-3-5-10(8)15-11/h6,9,12H,3-5,7,14H2,1-2H3. The Balaban J connectivity index is 1.89. The molecule has 1 aromatic rings. The first-order valence-electron chi connectivity index (χ1n) is 5.96. The molecule has 1 fully saturated rings. The summed E-state index contributed by atoms with van der Waals surface area (Å²) in [6.45, 7) is 5.57. The molecule has 2 atom stereocenters. The van der Waals surface area contributed by atoms with Crippen molar-refractivity contribution in [1.29, 1.82) is 0 Å².